The summed E-state index contributed by atoms with van der Waals surface area (Å²) < 4.78 is 7.62. The van der Waals surface area contributed by atoms with Gasteiger partial charge in [0.2, 0.25) is 0 Å². The van der Waals surface area contributed by atoms with Crippen LogP contribution in [0, 0.1) is 24.2 Å². The van der Waals surface area contributed by atoms with E-state index in [4.69, 9.17) is 16.6 Å². The summed E-state index contributed by atoms with van der Waals surface area (Å²) in [4.78, 5) is 31.2. The van der Waals surface area contributed by atoms with E-state index in [1.165, 1.54) is 22.2 Å². The summed E-state index contributed by atoms with van der Waals surface area (Å²) in [5, 5.41) is 9.92. The number of hydrogen-bond donors (Lipinski definition) is 0. The number of carbonyl (C=O) groups is 1. The molecule has 0 radical (unpaired) electrons. The van der Waals surface area contributed by atoms with Gasteiger partial charge in [0.05, 0.1) is 17.7 Å². The van der Waals surface area contributed by atoms with Crippen LogP contribution in [0.4, 0.5) is 5.82 Å². The first kappa shape index (κ1) is 27.9. The molecule has 9 heteroatoms. The Hall–Kier alpha value is -3.61. The molecule has 5 rings (SSSR count). The normalized spacial score (nSPS) is 17.2. The Kier molecular flexibility index (Phi) is 8.57. The van der Waals surface area contributed by atoms with E-state index in [2.05, 4.69) is 35.2 Å². The van der Waals surface area contributed by atoms with Crippen molar-refractivity contribution in [1.82, 2.24) is 9.47 Å². The van der Waals surface area contributed by atoms with Crippen molar-refractivity contribution in [2.24, 2.45) is 5.92 Å². The van der Waals surface area contributed by atoms with Gasteiger partial charge in [-0.15, -0.1) is 0 Å². The maximum absolute atomic E-state index is 13.5. The Labute approximate surface area is 244 Å². The molecule has 0 bridgehead atoms. The van der Waals surface area contributed by atoms with E-state index in [9.17, 15) is 14.9 Å². The zero-order valence-electron chi connectivity index (χ0n) is 22.8. The number of aromatic nitrogens is 1. The van der Waals surface area contributed by atoms with Crippen LogP contribution in [0.3, 0.4) is 0 Å². The topological polar surface area (TPSA) is 82.5 Å². The van der Waals surface area contributed by atoms with E-state index in [-0.39, 0.29) is 23.6 Å². The van der Waals surface area contributed by atoms with Gasteiger partial charge in [0, 0.05) is 25.2 Å². The molecule has 2 aliphatic heterocycles. The largest absolute Gasteiger partial charge is 0.467 e. The molecule has 1 aromatic carbocycles. The van der Waals surface area contributed by atoms with Crippen molar-refractivity contribution >= 4 is 46.1 Å². The summed E-state index contributed by atoms with van der Waals surface area (Å²) in [7, 11) is 0. The second-order valence-corrected chi connectivity index (χ2v) is 11.9. The quantitative estimate of drug-likeness (QED) is 0.246. The number of thioether (sulfide) groups is 1. The predicted octanol–water partition coefficient (Wildman–Crippen LogP) is 5.89. The van der Waals surface area contributed by atoms with Crippen LogP contribution >= 0.6 is 24.0 Å². The van der Waals surface area contributed by atoms with Crippen molar-refractivity contribution in [3.05, 3.63) is 92.0 Å². The summed E-state index contributed by atoms with van der Waals surface area (Å²) in [6.07, 6.45) is 7.18. The number of anilines is 1. The van der Waals surface area contributed by atoms with Gasteiger partial charge in [0.25, 0.3) is 11.5 Å². The van der Waals surface area contributed by atoms with Crippen LogP contribution < -0.4 is 10.5 Å². The molecule has 3 aromatic rings. The number of carbonyl (C=O) groups excluding carboxylic acids is 1. The maximum atomic E-state index is 13.5. The first-order chi connectivity index (χ1) is 19.4. The monoisotopic (exact) mass is 572 g/mol. The van der Waals surface area contributed by atoms with E-state index in [0.29, 0.717) is 33.0 Å². The second kappa shape index (κ2) is 12.3. The average molecular weight is 573 g/mol. The summed E-state index contributed by atoms with van der Waals surface area (Å²) in [5.74, 6) is 1.80. The van der Waals surface area contributed by atoms with Crippen molar-refractivity contribution in [3.8, 4) is 6.07 Å². The molecule has 4 heterocycles. The average Bonchev–Trinajstić information content (AvgIpc) is 3.57. The van der Waals surface area contributed by atoms with Crippen molar-refractivity contribution in [1.29, 1.82) is 5.26 Å². The van der Waals surface area contributed by atoms with Crippen LogP contribution in [0.25, 0.3) is 6.08 Å². The summed E-state index contributed by atoms with van der Waals surface area (Å²) in [6, 6.07) is 16.3. The van der Waals surface area contributed by atoms with E-state index in [1.807, 2.05) is 25.1 Å². The number of piperidine rings is 1. The lowest BCUT2D eigenvalue weighted by Crippen LogP contribution is -2.40. The van der Waals surface area contributed by atoms with E-state index in [1.54, 1.807) is 23.8 Å². The van der Waals surface area contributed by atoms with Crippen LogP contribution in [0.2, 0.25) is 0 Å². The van der Waals surface area contributed by atoms with Gasteiger partial charge in [-0.3, -0.25) is 19.1 Å². The first-order valence-electron chi connectivity index (χ1n) is 13.6. The molecule has 0 atom stereocenters. The van der Waals surface area contributed by atoms with Gasteiger partial charge >= 0.3 is 0 Å². The van der Waals surface area contributed by atoms with Gasteiger partial charge in [-0.1, -0.05) is 61.2 Å². The molecule has 0 aliphatic carbocycles. The minimum absolute atomic E-state index is 0.119. The van der Waals surface area contributed by atoms with E-state index in [0.717, 1.165) is 50.2 Å². The third kappa shape index (κ3) is 5.65. The molecule has 40 heavy (non-hydrogen) atoms. The number of furan rings is 1. The number of rotatable bonds is 8. The van der Waals surface area contributed by atoms with Crippen LogP contribution in [-0.2, 0) is 24.3 Å². The van der Waals surface area contributed by atoms with E-state index < -0.39 is 0 Å². The lowest BCUT2D eigenvalue weighted by atomic mass is 9.90. The molecule has 7 nitrogen and oxygen atoms in total. The molecule has 1 amide bonds. The third-order valence-electron chi connectivity index (χ3n) is 7.62. The standard InChI is InChI=1S/C31H32N4O3S2/c1-3-13-34-28(33-14-11-23(12-15-33)17-22-8-5-4-6-9-22)25(21(2)26(19-32)29(34)36)18-27-30(37)35(31(39)40-27)20-24-10-7-16-38-24/h4-10,16,18,23H,3,11-15,17,20H2,1-2H3. The number of nitrogens with zero attached hydrogens (tertiary/aromatic N) is 4. The molecular weight excluding hydrogens is 541 g/mol. The van der Waals surface area contributed by atoms with Crippen LogP contribution in [-0.4, -0.2) is 32.8 Å². The number of thiocarbonyl (C=S) groups is 1. The maximum Gasteiger partial charge on any atom is 0.270 e. The van der Waals surface area contributed by atoms with Gasteiger partial charge in [0.1, 0.15) is 27.5 Å². The smallest absolute Gasteiger partial charge is 0.270 e. The fourth-order valence-electron chi connectivity index (χ4n) is 5.54. The number of nitriles is 1. The first-order valence-corrected chi connectivity index (χ1v) is 14.9. The summed E-state index contributed by atoms with van der Waals surface area (Å²) >= 11 is 6.79. The molecule has 0 saturated carbocycles. The highest BCUT2D eigenvalue weighted by molar-refractivity contribution is 8.26. The van der Waals surface area contributed by atoms with Crippen molar-refractivity contribution < 1.29 is 9.21 Å². The highest BCUT2D eigenvalue weighted by Crippen LogP contribution is 2.37. The minimum atomic E-state index is -0.272. The van der Waals surface area contributed by atoms with E-state index >= 15 is 0 Å². The minimum Gasteiger partial charge on any atom is -0.467 e. The second-order valence-electron chi connectivity index (χ2n) is 10.3. The SMILES string of the molecule is CCCn1c(N2CCC(Cc3ccccc3)CC2)c(C=C2SC(=S)N(Cc3ccco3)C2=O)c(C)c(C#N)c1=O. The van der Waals surface area contributed by atoms with Crippen LogP contribution in [0.15, 0.2) is 62.8 Å². The molecule has 0 spiro atoms. The van der Waals surface area contributed by atoms with Gasteiger partial charge in [-0.25, -0.2) is 0 Å². The Morgan fingerprint density at radius 2 is 1.90 bits per heavy atom. The number of benzene rings is 1. The van der Waals surface area contributed by atoms with Gasteiger partial charge in [-0.05, 0) is 67.9 Å². The number of amides is 1. The summed E-state index contributed by atoms with van der Waals surface area (Å²) in [6.45, 7) is 6.17. The predicted molar refractivity (Wildman–Crippen MR) is 163 cm³/mol. The molecular formula is C31H32N4O3S2. The lowest BCUT2D eigenvalue weighted by molar-refractivity contribution is -0.122. The zero-order chi connectivity index (χ0) is 28.2. The van der Waals surface area contributed by atoms with Gasteiger partial charge < -0.3 is 9.32 Å². The molecule has 2 saturated heterocycles. The molecule has 206 valence electrons. The highest BCUT2D eigenvalue weighted by atomic mass is 32.2. The fraction of sp³-hybridized carbons (Fsp3) is 0.355. The molecule has 2 fully saturated rings. The number of hydrogen-bond acceptors (Lipinski definition) is 7. The Morgan fingerprint density at radius 1 is 1.15 bits per heavy atom. The van der Waals surface area contributed by atoms with Gasteiger partial charge in [0.15, 0.2) is 0 Å². The Balaban J connectivity index is 1.50. The molecule has 0 unspecified atom stereocenters. The Bertz CT molecular complexity index is 1530. The van der Waals surface area contributed by atoms with Crippen LogP contribution in [0.5, 0.6) is 0 Å². The van der Waals surface area contributed by atoms with Crippen molar-refractivity contribution in [2.75, 3.05) is 18.0 Å². The van der Waals surface area contributed by atoms with Gasteiger partial charge in [-0.2, -0.15) is 5.26 Å². The highest BCUT2D eigenvalue weighted by Gasteiger charge is 2.34. The molecule has 0 N–H and O–H groups in total. The number of pyridine rings is 1. The molecule has 2 aromatic heterocycles. The Morgan fingerprint density at radius 3 is 2.55 bits per heavy atom. The van der Waals surface area contributed by atoms with Crippen LogP contribution in [0.1, 0.15) is 54.2 Å². The molecule has 2 aliphatic rings. The lowest BCUT2D eigenvalue weighted by Gasteiger charge is -2.36. The fourth-order valence-corrected chi connectivity index (χ4v) is 6.77. The third-order valence-corrected chi connectivity index (χ3v) is 9.00. The summed E-state index contributed by atoms with van der Waals surface area (Å²) in [5.41, 5.74) is 2.52. The van der Waals surface area contributed by atoms with Crippen molar-refractivity contribution in [3.63, 3.8) is 0 Å². The van der Waals surface area contributed by atoms with Crippen molar-refractivity contribution in [2.45, 2.75) is 52.6 Å². The zero-order valence-corrected chi connectivity index (χ0v) is 24.4.